The van der Waals surface area contributed by atoms with Crippen molar-refractivity contribution < 1.29 is 18.3 Å². The summed E-state index contributed by atoms with van der Waals surface area (Å²) < 4.78 is 35.5. The number of rotatable bonds is 4. The Labute approximate surface area is 194 Å². The smallest absolute Gasteiger partial charge is 0.227 e. The molecule has 0 bridgehead atoms. The van der Waals surface area contributed by atoms with E-state index >= 15 is 0 Å². The monoisotopic (exact) mass is 468 g/mol. The van der Waals surface area contributed by atoms with Gasteiger partial charge >= 0.3 is 0 Å². The summed E-state index contributed by atoms with van der Waals surface area (Å²) in [5, 5.41) is 23.1. The van der Waals surface area contributed by atoms with E-state index in [0.717, 1.165) is 11.6 Å². The number of tetrazole rings is 1. The summed E-state index contributed by atoms with van der Waals surface area (Å²) in [6, 6.07) is 7.48. The summed E-state index contributed by atoms with van der Waals surface area (Å²) in [6.07, 6.45) is 3.14. The standard InChI is InChI=1S/C22H22F2N8O2/c23-18-4-3-16(22(24)17(18)11-25)19-13-26-6-8-31(7-1-9-34-19)21(33)10-15-2-5-20(27-12-15)32-14-28-29-30-32/h2-5,12,14,19,26H,1,6-10,13H2/t19-/m0/s1. The van der Waals surface area contributed by atoms with Crippen LogP contribution in [-0.4, -0.2) is 68.8 Å². The molecule has 3 aromatic rings. The maximum atomic E-state index is 14.6. The highest BCUT2D eigenvalue weighted by molar-refractivity contribution is 5.78. The molecule has 0 radical (unpaired) electrons. The van der Waals surface area contributed by atoms with Crippen molar-refractivity contribution in [2.24, 2.45) is 0 Å². The van der Waals surface area contributed by atoms with Crippen molar-refractivity contribution in [2.45, 2.75) is 18.9 Å². The molecule has 1 saturated heterocycles. The number of nitrogens with zero attached hydrogens (tertiary/aromatic N) is 7. The average molecular weight is 468 g/mol. The van der Waals surface area contributed by atoms with Crippen LogP contribution >= 0.6 is 0 Å². The van der Waals surface area contributed by atoms with Gasteiger partial charge in [-0.25, -0.2) is 13.8 Å². The molecule has 3 heterocycles. The Morgan fingerprint density at radius 1 is 1.26 bits per heavy atom. The van der Waals surface area contributed by atoms with Gasteiger partial charge < -0.3 is 15.0 Å². The first-order valence-corrected chi connectivity index (χ1v) is 10.7. The lowest BCUT2D eigenvalue weighted by Gasteiger charge is -2.27. The van der Waals surface area contributed by atoms with E-state index in [1.54, 1.807) is 23.2 Å². The number of aromatic nitrogens is 5. The third-order valence-electron chi connectivity index (χ3n) is 5.46. The Morgan fingerprint density at radius 2 is 2.15 bits per heavy atom. The molecule has 1 aromatic carbocycles. The third kappa shape index (κ3) is 5.38. The number of pyridine rings is 1. The van der Waals surface area contributed by atoms with Crippen molar-refractivity contribution >= 4 is 5.91 Å². The Balaban J connectivity index is 1.34. The number of nitriles is 1. The van der Waals surface area contributed by atoms with Gasteiger partial charge in [0.15, 0.2) is 5.82 Å². The predicted octanol–water partition coefficient (Wildman–Crippen LogP) is 1.33. The summed E-state index contributed by atoms with van der Waals surface area (Å²) >= 11 is 0. The van der Waals surface area contributed by atoms with Gasteiger partial charge in [-0.1, -0.05) is 12.1 Å². The van der Waals surface area contributed by atoms with Crippen LogP contribution in [0.15, 0.2) is 36.8 Å². The molecule has 1 fully saturated rings. The molecule has 0 unspecified atom stereocenters. The van der Waals surface area contributed by atoms with Gasteiger partial charge in [0.2, 0.25) is 5.91 Å². The number of carbonyl (C=O) groups excluding carboxylic acids is 1. The molecule has 2 aromatic heterocycles. The Bertz CT molecular complexity index is 1150. The number of carbonyl (C=O) groups is 1. The maximum absolute atomic E-state index is 14.6. The highest BCUT2D eigenvalue weighted by atomic mass is 19.1. The number of hydrogen-bond donors (Lipinski definition) is 1. The van der Waals surface area contributed by atoms with Crippen LogP contribution in [0, 0.1) is 23.0 Å². The second-order valence-electron chi connectivity index (χ2n) is 7.69. The fraction of sp³-hybridized carbons (Fsp3) is 0.364. The van der Waals surface area contributed by atoms with Crippen molar-refractivity contribution in [2.75, 3.05) is 32.8 Å². The van der Waals surface area contributed by atoms with E-state index in [2.05, 4.69) is 25.8 Å². The molecule has 1 N–H and O–H groups in total. The summed E-state index contributed by atoms with van der Waals surface area (Å²) in [5.41, 5.74) is 0.287. The topological polar surface area (TPSA) is 122 Å². The molecule has 34 heavy (non-hydrogen) atoms. The number of nitrogens with one attached hydrogen (secondary N) is 1. The van der Waals surface area contributed by atoms with Gasteiger partial charge in [0.1, 0.15) is 29.6 Å². The van der Waals surface area contributed by atoms with E-state index in [9.17, 15) is 13.6 Å². The van der Waals surface area contributed by atoms with Crippen LogP contribution in [0.3, 0.4) is 0 Å². The van der Waals surface area contributed by atoms with Crippen LogP contribution in [0.1, 0.15) is 29.2 Å². The predicted molar refractivity (Wildman–Crippen MR) is 114 cm³/mol. The summed E-state index contributed by atoms with van der Waals surface area (Å²) in [7, 11) is 0. The zero-order chi connectivity index (χ0) is 23.9. The third-order valence-corrected chi connectivity index (χ3v) is 5.46. The number of amides is 1. The summed E-state index contributed by atoms with van der Waals surface area (Å²) in [4.78, 5) is 18.9. The van der Waals surface area contributed by atoms with Gasteiger partial charge in [-0.05, 0) is 34.5 Å². The molecule has 4 rings (SSSR count). The number of hydrogen-bond acceptors (Lipinski definition) is 8. The lowest BCUT2D eigenvalue weighted by Crippen LogP contribution is -2.41. The molecule has 1 atom stereocenters. The lowest BCUT2D eigenvalue weighted by molar-refractivity contribution is -0.130. The maximum Gasteiger partial charge on any atom is 0.227 e. The van der Waals surface area contributed by atoms with E-state index in [-0.39, 0.29) is 31.0 Å². The minimum Gasteiger partial charge on any atom is -0.372 e. The second kappa shape index (κ2) is 10.9. The van der Waals surface area contributed by atoms with Gasteiger partial charge in [-0.2, -0.15) is 9.94 Å². The first kappa shape index (κ1) is 23.3. The highest BCUT2D eigenvalue weighted by Gasteiger charge is 2.23. The van der Waals surface area contributed by atoms with Crippen molar-refractivity contribution in [3.8, 4) is 11.9 Å². The first-order chi connectivity index (χ1) is 16.6. The fourth-order valence-corrected chi connectivity index (χ4v) is 3.68. The van der Waals surface area contributed by atoms with Gasteiger partial charge in [0.25, 0.3) is 0 Å². The van der Waals surface area contributed by atoms with Crippen molar-refractivity contribution in [1.82, 2.24) is 35.4 Å². The van der Waals surface area contributed by atoms with Gasteiger partial charge in [0.05, 0.1) is 12.5 Å². The van der Waals surface area contributed by atoms with Crippen LogP contribution in [-0.2, 0) is 16.0 Å². The lowest BCUT2D eigenvalue weighted by atomic mass is 10.0. The Morgan fingerprint density at radius 3 is 2.88 bits per heavy atom. The Kier molecular flexibility index (Phi) is 7.46. The minimum atomic E-state index is -0.900. The number of ether oxygens (including phenoxy) is 1. The van der Waals surface area contributed by atoms with Gasteiger partial charge in [-0.15, -0.1) is 5.10 Å². The number of benzene rings is 1. The second-order valence-corrected chi connectivity index (χ2v) is 7.69. The molecule has 1 aliphatic rings. The van der Waals surface area contributed by atoms with Crippen LogP contribution < -0.4 is 5.32 Å². The fourth-order valence-electron chi connectivity index (χ4n) is 3.68. The van der Waals surface area contributed by atoms with Crippen LogP contribution in [0.5, 0.6) is 0 Å². The summed E-state index contributed by atoms with van der Waals surface area (Å²) in [6.45, 7) is 1.95. The van der Waals surface area contributed by atoms with Crippen LogP contribution in [0.25, 0.3) is 5.82 Å². The van der Waals surface area contributed by atoms with Gasteiger partial charge in [-0.3, -0.25) is 4.79 Å². The molecule has 1 aliphatic heterocycles. The van der Waals surface area contributed by atoms with Crippen LogP contribution in [0.4, 0.5) is 8.78 Å². The zero-order valence-electron chi connectivity index (χ0n) is 18.2. The van der Waals surface area contributed by atoms with E-state index in [0.29, 0.717) is 31.9 Å². The van der Waals surface area contributed by atoms with E-state index < -0.39 is 23.3 Å². The highest BCUT2D eigenvalue weighted by Crippen LogP contribution is 2.25. The molecule has 176 valence electrons. The largest absolute Gasteiger partial charge is 0.372 e. The van der Waals surface area contributed by atoms with E-state index in [1.165, 1.54) is 17.1 Å². The minimum absolute atomic E-state index is 0.0425. The van der Waals surface area contributed by atoms with E-state index in [1.807, 2.05) is 6.07 Å². The van der Waals surface area contributed by atoms with Crippen LogP contribution in [0.2, 0.25) is 0 Å². The zero-order valence-corrected chi connectivity index (χ0v) is 18.2. The average Bonchev–Trinajstić information content (AvgIpc) is 3.38. The molecule has 0 aliphatic carbocycles. The van der Waals surface area contributed by atoms with Crippen molar-refractivity contribution in [3.05, 3.63) is 65.1 Å². The normalized spacial score (nSPS) is 17.2. The molecular formula is C22H22F2N8O2. The quantitative estimate of drug-likeness (QED) is 0.609. The SMILES string of the molecule is N#Cc1c(F)ccc([C@@H]2CNCCN(C(=O)Cc3ccc(-n4cnnn4)nc3)CCCO2)c1F. The van der Waals surface area contributed by atoms with Crippen molar-refractivity contribution in [3.63, 3.8) is 0 Å². The first-order valence-electron chi connectivity index (χ1n) is 10.7. The number of halogens is 2. The van der Waals surface area contributed by atoms with Gasteiger partial charge in [0, 0.05) is 44.5 Å². The molecule has 1 amide bonds. The molecule has 0 saturated carbocycles. The van der Waals surface area contributed by atoms with Crippen molar-refractivity contribution in [1.29, 1.82) is 5.26 Å². The molecular weight excluding hydrogens is 446 g/mol. The molecule has 10 nitrogen and oxygen atoms in total. The molecule has 0 spiro atoms. The van der Waals surface area contributed by atoms with E-state index in [4.69, 9.17) is 10.00 Å². The summed E-state index contributed by atoms with van der Waals surface area (Å²) in [5.74, 6) is -1.29. The molecule has 12 heteroatoms. The Hall–Kier alpha value is -3.82.